The Labute approximate surface area is 63.3 Å². The minimum Gasteiger partial charge on any atom is -0.0817 e. The first-order chi connectivity index (χ1) is 4.62. The minimum atomic E-state index is 0.651. The van der Waals surface area contributed by atoms with Crippen LogP contribution in [0.15, 0.2) is 11.6 Å². The van der Waals surface area contributed by atoms with Gasteiger partial charge in [0.15, 0.2) is 0 Å². The summed E-state index contributed by atoms with van der Waals surface area (Å²) in [6.07, 6.45) is 5.29. The molecule has 2 aliphatic rings. The molecule has 0 radical (unpaired) electrons. The van der Waals surface area contributed by atoms with Crippen molar-refractivity contribution in [1.82, 2.24) is 0 Å². The van der Waals surface area contributed by atoms with Gasteiger partial charge >= 0.3 is 0 Å². The number of hydrogen-bond acceptors (Lipinski definition) is 0. The minimum absolute atomic E-state index is 0.651. The highest BCUT2D eigenvalue weighted by atomic mass is 14.6. The lowest BCUT2D eigenvalue weighted by Crippen LogP contribution is -1.90. The van der Waals surface area contributed by atoms with E-state index in [4.69, 9.17) is 0 Å². The quantitative estimate of drug-likeness (QED) is 0.449. The van der Waals surface area contributed by atoms with Crippen LogP contribution in [0.2, 0.25) is 0 Å². The Morgan fingerprint density at radius 1 is 1.50 bits per heavy atom. The summed E-state index contributed by atoms with van der Waals surface area (Å²) in [5.74, 6) is 1.96. The number of rotatable bonds is 0. The van der Waals surface area contributed by atoms with Gasteiger partial charge < -0.3 is 0 Å². The first kappa shape index (κ1) is 6.45. The summed E-state index contributed by atoms with van der Waals surface area (Å²) in [4.78, 5) is 0. The van der Waals surface area contributed by atoms with E-state index in [0.717, 1.165) is 11.8 Å². The molecule has 0 heteroatoms. The van der Waals surface area contributed by atoms with Gasteiger partial charge in [-0.05, 0) is 37.0 Å². The smallest absolute Gasteiger partial charge is 0.0143 e. The lowest BCUT2D eigenvalue weighted by atomic mass is 10.0. The Balaban J connectivity index is 2.20. The Kier molecular flexibility index (Phi) is 1.07. The van der Waals surface area contributed by atoms with Gasteiger partial charge in [0.1, 0.15) is 0 Å². The molecule has 1 unspecified atom stereocenters. The molecule has 0 nitrogen and oxygen atoms in total. The van der Waals surface area contributed by atoms with Crippen molar-refractivity contribution in [3.8, 4) is 0 Å². The van der Waals surface area contributed by atoms with Gasteiger partial charge in [-0.25, -0.2) is 0 Å². The third-order valence-electron chi connectivity index (χ3n) is 3.45. The normalized spacial score (nSPS) is 42.1. The van der Waals surface area contributed by atoms with E-state index in [9.17, 15) is 0 Å². The maximum absolute atomic E-state index is 2.49. The molecule has 2 rings (SSSR count). The van der Waals surface area contributed by atoms with Crippen molar-refractivity contribution in [2.45, 2.75) is 33.6 Å². The third-order valence-corrected chi connectivity index (χ3v) is 3.45. The predicted molar refractivity (Wildman–Crippen MR) is 43.8 cm³/mol. The van der Waals surface area contributed by atoms with Gasteiger partial charge in [-0.15, -0.1) is 0 Å². The molecule has 0 aromatic rings. The lowest BCUT2D eigenvalue weighted by Gasteiger charge is -2.05. The van der Waals surface area contributed by atoms with Crippen LogP contribution in [-0.2, 0) is 0 Å². The van der Waals surface area contributed by atoms with Crippen LogP contribution >= 0.6 is 0 Å². The second-order valence-corrected chi connectivity index (χ2v) is 4.51. The van der Waals surface area contributed by atoms with Crippen LogP contribution in [0, 0.1) is 17.3 Å². The summed E-state index contributed by atoms with van der Waals surface area (Å²) in [7, 11) is 0. The summed E-state index contributed by atoms with van der Waals surface area (Å²) >= 11 is 0. The average Bonchev–Trinajstić information content (AvgIpc) is 2.36. The highest BCUT2D eigenvalue weighted by Gasteiger charge is 2.56. The van der Waals surface area contributed by atoms with Crippen molar-refractivity contribution >= 4 is 0 Å². The first-order valence-electron chi connectivity index (χ1n) is 4.29. The summed E-state index contributed by atoms with van der Waals surface area (Å²) in [6.45, 7) is 7.07. The van der Waals surface area contributed by atoms with Gasteiger partial charge in [0, 0.05) is 0 Å². The van der Waals surface area contributed by atoms with Crippen molar-refractivity contribution in [2.24, 2.45) is 17.3 Å². The molecule has 0 aromatic heterocycles. The van der Waals surface area contributed by atoms with Crippen LogP contribution in [-0.4, -0.2) is 0 Å². The van der Waals surface area contributed by atoms with Crippen molar-refractivity contribution in [1.29, 1.82) is 0 Å². The molecule has 0 bridgehead atoms. The Bertz CT molecular complexity index is 186. The molecule has 0 saturated heterocycles. The zero-order valence-corrected chi connectivity index (χ0v) is 7.15. The topological polar surface area (TPSA) is 0 Å². The number of allylic oxidation sites excluding steroid dienone is 2. The van der Waals surface area contributed by atoms with E-state index >= 15 is 0 Å². The van der Waals surface area contributed by atoms with Gasteiger partial charge in [-0.3, -0.25) is 0 Å². The Hall–Kier alpha value is -0.260. The molecule has 0 spiro atoms. The fraction of sp³-hybridized carbons (Fsp3) is 0.800. The van der Waals surface area contributed by atoms with Crippen LogP contribution < -0.4 is 0 Å². The summed E-state index contributed by atoms with van der Waals surface area (Å²) in [6, 6.07) is 0. The highest BCUT2D eigenvalue weighted by molar-refractivity contribution is 5.21. The van der Waals surface area contributed by atoms with Crippen LogP contribution in [0.3, 0.4) is 0 Å². The molecular formula is C10H16. The van der Waals surface area contributed by atoms with Crippen LogP contribution in [0.5, 0.6) is 0 Å². The van der Waals surface area contributed by atoms with Crippen molar-refractivity contribution in [2.75, 3.05) is 0 Å². The van der Waals surface area contributed by atoms with Gasteiger partial charge in [0.25, 0.3) is 0 Å². The van der Waals surface area contributed by atoms with Gasteiger partial charge in [0.05, 0.1) is 0 Å². The number of fused-ring (bicyclic) bond motifs is 1. The molecule has 10 heavy (non-hydrogen) atoms. The standard InChI is InChI=1S/C10H16/c1-7-4-5-8-9(6-7)10(8,2)3/h6,8-9H,4-5H2,1-3H3/t8?,9-/m0/s1. The average molecular weight is 136 g/mol. The second kappa shape index (κ2) is 1.66. The van der Waals surface area contributed by atoms with E-state index in [1.165, 1.54) is 12.8 Å². The SMILES string of the molecule is CC1=C[C@H]2C(CC1)C2(C)C. The first-order valence-corrected chi connectivity index (χ1v) is 4.29. The maximum atomic E-state index is 2.49. The molecule has 2 atom stereocenters. The van der Waals surface area contributed by atoms with Crippen LogP contribution in [0.4, 0.5) is 0 Å². The zero-order chi connectivity index (χ0) is 7.35. The molecule has 0 N–H and O–H groups in total. The predicted octanol–water partition coefficient (Wildman–Crippen LogP) is 3.00. The van der Waals surface area contributed by atoms with Crippen molar-refractivity contribution in [3.05, 3.63) is 11.6 Å². The molecule has 0 amide bonds. The summed E-state index contributed by atoms with van der Waals surface area (Å²) < 4.78 is 0. The van der Waals surface area contributed by atoms with Crippen molar-refractivity contribution in [3.63, 3.8) is 0 Å². The van der Waals surface area contributed by atoms with Gasteiger partial charge in [0.2, 0.25) is 0 Å². The monoisotopic (exact) mass is 136 g/mol. The molecular weight excluding hydrogens is 120 g/mol. The lowest BCUT2D eigenvalue weighted by molar-refractivity contribution is 0.533. The van der Waals surface area contributed by atoms with E-state index in [2.05, 4.69) is 26.8 Å². The van der Waals surface area contributed by atoms with Crippen LogP contribution in [0.25, 0.3) is 0 Å². The number of hydrogen-bond donors (Lipinski definition) is 0. The fourth-order valence-electron chi connectivity index (χ4n) is 2.44. The van der Waals surface area contributed by atoms with Gasteiger partial charge in [-0.2, -0.15) is 0 Å². The van der Waals surface area contributed by atoms with E-state index < -0.39 is 0 Å². The molecule has 2 aliphatic carbocycles. The summed E-state index contributed by atoms with van der Waals surface area (Å²) in [5, 5.41) is 0. The fourth-order valence-corrected chi connectivity index (χ4v) is 2.44. The zero-order valence-electron chi connectivity index (χ0n) is 7.15. The molecule has 1 saturated carbocycles. The Morgan fingerprint density at radius 2 is 2.20 bits per heavy atom. The van der Waals surface area contributed by atoms with Gasteiger partial charge in [-0.1, -0.05) is 25.5 Å². The second-order valence-electron chi connectivity index (χ2n) is 4.51. The van der Waals surface area contributed by atoms with E-state index in [1.54, 1.807) is 5.57 Å². The van der Waals surface area contributed by atoms with Crippen LogP contribution in [0.1, 0.15) is 33.6 Å². The van der Waals surface area contributed by atoms with E-state index in [-0.39, 0.29) is 0 Å². The largest absolute Gasteiger partial charge is 0.0817 e. The molecule has 0 aromatic carbocycles. The van der Waals surface area contributed by atoms with E-state index in [0.29, 0.717) is 5.41 Å². The Morgan fingerprint density at radius 3 is 2.70 bits per heavy atom. The molecule has 1 fully saturated rings. The molecule has 0 aliphatic heterocycles. The molecule has 0 heterocycles. The maximum Gasteiger partial charge on any atom is -0.0143 e. The van der Waals surface area contributed by atoms with E-state index in [1.807, 2.05) is 0 Å². The highest BCUT2D eigenvalue weighted by Crippen LogP contribution is 2.63. The van der Waals surface area contributed by atoms with Crippen molar-refractivity contribution < 1.29 is 0 Å². The summed E-state index contributed by atoms with van der Waals surface area (Å²) in [5.41, 5.74) is 2.27. The third kappa shape index (κ3) is 0.680. The molecule has 56 valence electrons.